The summed E-state index contributed by atoms with van der Waals surface area (Å²) < 4.78 is 26.1. The van der Waals surface area contributed by atoms with E-state index in [-0.39, 0.29) is 10.0 Å². The Morgan fingerprint density at radius 3 is 2.67 bits per heavy atom. The predicted octanol–water partition coefficient (Wildman–Crippen LogP) is 1.92. The van der Waals surface area contributed by atoms with E-state index in [1.54, 1.807) is 0 Å². The second-order valence-corrected chi connectivity index (χ2v) is 8.41. The monoisotopic (exact) mass is 375 g/mol. The molecule has 0 aliphatic heterocycles. The number of amidine groups is 1. The molecule has 1 atom stereocenters. The molecule has 6 nitrogen and oxygen atoms in total. The Bertz CT molecular complexity index is 553. The lowest BCUT2D eigenvalue weighted by Crippen LogP contribution is -2.43. The second-order valence-electron chi connectivity index (χ2n) is 3.41. The summed E-state index contributed by atoms with van der Waals surface area (Å²) >= 11 is 9.95. The van der Waals surface area contributed by atoms with Gasteiger partial charge in [-0.15, -0.1) is 11.3 Å². The van der Waals surface area contributed by atoms with Gasteiger partial charge in [-0.05, 0) is 28.9 Å². The molecular formula is C8H11BrClN3O3S2. The summed E-state index contributed by atoms with van der Waals surface area (Å²) in [5.74, 6) is -0.192. The molecule has 18 heavy (non-hydrogen) atoms. The van der Waals surface area contributed by atoms with E-state index in [1.807, 2.05) is 0 Å². The lowest BCUT2D eigenvalue weighted by atomic mass is 10.3. The van der Waals surface area contributed by atoms with E-state index >= 15 is 0 Å². The van der Waals surface area contributed by atoms with E-state index in [1.165, 1.54) is 20.0 Å². The quantitative estimate of drug-likeness (QED) is 0.363. The third-order valence-corrected chi connectivity index (χ3v) is 7.20. The third-order valence-electron chi connectivity index (χ3n) is 2.34. The minimum Gasteiger partial charge on any atom is -0.409 e. The van der Waals surface area contributed by atoms with Gasteiger partial charge in [-0.25, -0.2) is 8.42 Å². The maximum absolute atomic E-state index is 12.2. The minimum atomic E-state index is -3.73. The summed E-state index contributed by atoms with van der Waals surface area (Å²) in [6.07, 6.45) is 0. The van der Waals surface area contributed by atoms with Crippen LogP contribution in [0.4, 0.5) is 0 Å². The summed E-state index contributed by atoms with van der Waals surface area (Å²) in [5.41, 5.74) is 5.39. The van der Waals surface area contributed by atoms with Gasteiger partial charge in [0.25, 0.3) is 10.0 Å². The van der Waals surface area contributed by atoms with Crippen molar-refractivity contribution in [2.24, 2.45) is 10.9 Å². The van der Waals surface area contributed by atoms with Crippen LogP contribution in [-0.4, -0.2) is 36.9 Å². The highest BCUT2D eigenvalue weighted by atomic mass is 79.9. The maximum Gasteiger partial charge on any atom is 0.253 e. The summed E-state index contributed by atoms with van der Waals surface area (Å²) in [6.45, 7) is 1.51. The first-order chi connectivity index (χ1) is 8.21. The number of sulfonamides is 1. The molecule has 0 bridgehead atoms. The number of thiophene rings is 1. The Hall–Kier alpha value is -0.350. The molecule has 1 aromatic heterocycles. The van der Waals surface area contributed by atoms with Crippen LogP contribution in [0.2, 0.25) is 5.02 Å². The number of hydrogen-bond acceptors (Lipinski definition) is 5. The Kier molecular flexibility index (Phi) is 5.01. The van der Waals surface area contributed by atoms with Gasteiger partial charge >= 0.3 is 0 Å². The van der Waals surface area contributed by atoms with Crippen LogP contribution in [0.1, 0.15) is 6.92 Å². The lowest BCUT2D eigenvalue weighted by molar-refractivity contribution is 0.311. The molecule has 0 fully saturated rings. The van der Waals surface area contributed by atoms with Crippen molar-refractivity contribution < 1.29 is 13.6 Å². The molecule has 1 heterocycles. The van der Waals surface area contributed by atoms with Crippen LogP contribution >= 0.6 is 38.9 Å². The average Bonchev–Trinajstić information content (AvgIpc) is 2.67. The van der Waals surface area contributed by atoms with Gasteiger partial charge in [0, 0.05) is 7.05 Å². The smallest absolute Gasteiger partial charge is 0.253 e. The van der Waals surface area contributed by atoms with E-state index in [2.05, 4.69) is 21.1 Å². The van der Waals surface area contributed by atoms with Gasteiger partial charge in [-0.3, -0.25) is 0 Å². The standard InChI is InChI=1S/C8H11BrClN3O3S2/c1-4(8(11)12-14)13(2)18(15,16)6-3-5(10)7(9)17-6/h3-4,14H,1-2H3,(H2,11,12). The highest BCUT2D eigenvalue weighted by Crippen LogP contribution is 2.35. The molecule has 0 radical (unpaired) electrons. The van der Waals surface area contributed by atoms with Gasteiger partial charge in [-0.2, -0.15) is 4.31 Å². The molecular weight excluding hydrogens is 366 g/mol. The molecule has 1 unspecified atom stereocenters. The van der Waals surface area contributed by atoms with Crippen LogP contribution in [0.3, 0.4) is 0 Å². The molecule has 0 saturated heterocycles. The number of nitrogens with zero attached hydrogens (tertiary/aromatic N) is 2. The van der Waals surface area contributed by atoms with Crippen LogP contribution in [0.5, 0.6) is 0 Å². The first kappa shape index (κ1) is 15.7. The molecule has 1 rings (SSSR count). The van der Waals surface area contributed by atoms with Crippen LogP contribution in [0.25, 0.3) is 0 Å². The van der Waals surface area contributed by atoms with E-state index < -0.39 is 16.1 Å². The van der Waals surface area contributed by atoms with Crippen LogP contribution in [0, 0.1) is 0 Å². The maximum atomic E-state index is 12.2. The van der Waals surface area contributed by atoms with Crippen molar-refractivity contribution in [1.82, 2.24) is 4.31 Å². The Morgan fingerprint density at radius 2 is 2.28 bits per heavy atom. The molecule has 1 aromatic rings. The zero-order valence-electron chi connectivity index (χ0n) is 9.46. The third kappa shape index (κ3) is 2.97. The van der Waals surface area contributed by atoms with Gasteiger partial charge in [-0.1, -0.05) is 16.8 Å². The lowest BCUT2D eigenvalue weighted by Gasteiger charge is -2.22. The SMILES string of the molecule is CC(C(N)=NO)N(C)S(=O)(=O)c1cc(Cl)c(Br)s1. The van der Waals surface area contributed by atoms with E-state index in [0.29, 0.717) is 8.81 Å². The van der Waals surface area contributed by atoms with Gasteiger partial charge in [0.2, 0.25) is 0 Å². The largest absolute Gasteiger partial charge is 0.409 e. The van der Waals surface area contributed by atoms with Gasteiger partial charge in [0.15, 0.2) is 5.84 Å². The Balaban J connectivity index is 3.15. The summed E-state index contributed by atoms with van der Waals surface area (Å²) in [5, 5.41) is 11.7. The second kappa shape index (κ2) is 5.74. The molecule has 10 heteroatoms. The van der Waals surface area contributed by atoms with Crippen molar-refractivity contribution in [3.8, 4) is 0 Å². The molecule has 0 aromatic carbocycles. The molecule has 0 aliphatic carbocycles. The first-order valence-corrected chi connectivity index (χ1v) is 8.04. The van der Waals surface area contributed by atoms with Crippen molar-refractivity contribution in [2.45, 2.75) is 17.2 Å². The van der Waals surface area contributed by atoms with E-state index in [0.717, 1.165) is 15.6 Å². The first-order valence-electron chi connectivity index (χ1n) is 4.62. The number of nitrogens with two attached hydrogens (primary N) is 1. The van der Waals surface area contributed by atoms with Crippen LogP contribution in [0.15, 0.2) is 19.2 Å². The summed E-state index contributed by atoms with van der Waals surface area (Å²) in [6, 6.07) is 0.584. The zero-order valence-corrected chi connectivity index (χ0v) is 13.4. The normalized spacial score (nSPS) is 15.1. The summed E-state index contributed by atoms with van der Waals surface area (Å²) in [4.78, 5) is 0. The fourth-order valence-corrected chi connectivity index (χ4v) is 5.00. The number of halogens is 2. The number of oxime groups is 1. The van der Waals surface area contributed by atoms with E-state index in [4.69, 9.17) is 22.5 Å². The van der Waals surface area contributed by atoms with Gasteiger partial charge in [0.05, 0.1) is 14.9 Å². The molecule has 3 N–H and O–H groups in total. The average molecular weight is 377 g/mol. The fraction of sp³-hybridized carbons (Fsp3) is 0.375. The summed E-state index contributed by atoms with van der Waals surface area (Å²) in [7, 11) is -2.38. The van der Waals surface area contributed by atoms with Gasteiger partial charge < -0.3 is 10.9 Å². The van der Waals surface area contributed by atoms with E-state index in [9.17, 15) is 8.42 Å². The molecule has 102 valence electrons. The van der Waals surface area contributed by atoms with Crippen molar-refractivity contribution >= 4 is 54.7 Å². The highest BCUT2D eigenvalue weighted by Gasteiger charge is 2.29. The van der Waals surface area contributed by atoms with Crippen molar-refractivity contribution in [3.63, 3.8) is 0 Å². The molecule has 0 saturated carbocycles. The minimum absolute atomic E-state index is 0.0828. The number of rotatable bonds is 4. The van der Waals surface area contributed by atoms with Crippen molar-refractivity contribution in [2.75, 3.05) is 7.05 Å². The highest BCUT2D eigenvalue weighted by molar-refractivity contribution is 9.11. The Labute approximate surface area is 122 Å². The molecule has 0 aliphatic rings. The zero-order chi connectivity index (χ0) is 14.1. The topological polar surface area (TPSA) is 96.0 Å². The number of hydrogen-bond donors (Lipinski definition) is 2. The molecule has 0 spiro atoms. The van der Waals surface area contributed by atoms with Crippen molar-refractivity contribution in [1.29, 1.82) is 0 Å². The predicted molar refractivity (Wildman–Crippen MR) is 74.8 cm³/mol. The fourth-order valence-electron chi connectivity index (χ4n) is 1.07. The Morgan fingerprint density at radius 1 is 1.72 bits per heavy atom. The number of likely N-dealkylation sites (N-methyl/N-ethyl adjacent to an activating group) is 1. The van der Waals surface area contributed by atoms with Crippen LogP contribution < -0.4 is 5.73 Å². The van der Waals surface area contributed by atoms with Gasteiger partial charge in [0.1, 0.15) is 4.21 Å². The van der Waals surface area contributed by atoms with Crippen molar-refractivity contribution in [3.05, 3.63) is 14.9 Å². The molecule has 0 amide bonds. The van der Waals surface area contributed by atoms with Crippen LogP contribution in [-0.2, 0) is 10.0 Å².